The van der Waals surface area contributed by atoms with E-state index in [1.807, 2.05) is 12.1 Å². The van der Waals surface area contributed by atoms with Gasteiger partial charge in [0.25, 0.3) is 0 Å². The van der Waals surface area contributed by atoms with Crippen molar-refractivity contribution in [2.24, 2.45) is 0 Å². The second kappa shape index (κ2) is 7.25. The van der Waals surface area contributed by atoms with Crippen molar-refractivity contribution >= 4 is 34.7 Å². The van der Waals surface area contributed by atoms with Crippen LogP contribution in [0.5, 0.6) is 0 Å². The van der Waals surface area contributed by atoms with Crippen LogP contribution in [0.15, 0.2) is 48.7 Å². The van der Waals surface area contributed by atoms with E-state index in [0.29, 0.717) is 11.5 Å². The van der Waals surface area contributed by atoms with E-state index < -0.39 is 5.82 Å². The first-order valence-corrected chi connectivity index (χ1v) is 8.48. The number of aromatic nitrogens is 3. The molecule has 0 saturated carbocycles. The van der Waals surface area contributed by atoms with Crippen LogP contribution in [0.2, 0.25) is 5.02 Å². The lowest BCUT2D eigenvalue weighted by molar-refractivity contribution is 0.590. The van der Waals surface area contributed by atoms with Crippen molar-refractivity contribution in [1.82, 2.24) is 15.2 Å². The summed E-state index contributed by atoms with van der Waals surface area (Å²) in [5, 5.41) is 14.0. The Hall–Kier alpha value is -2.73. The lowest BCUT2D eigenvalue weighted by atomic mass is 9.87. The molecule has 0 radical (unpaired) electrons. The van der Waals surface area contributed by atoms with Gasteiger partial charge in [-0.05, 0) is 41.3 Å². The van der Waals surface area contributed by atoms with Crippen LogP contribution in [0.1, 0.15) is 26.3 Å². The molecule has 0 spiro atoms. The van der Waals surface area contributed by atoms with E-state index in [0.717, 1.165) is 5.69 Å². The van der Waals surface area contributed by atoms with E-state index in [9.17, 15) is 4.39 Å². The topological polar surface area (TPSA) is 62.7 Å². The molecule has 134 valence electrons. The highest BCUT2D eigenvalue weighted by molar-refractivity contribution is 6.31. The Bertz CT molecular complexity index is 907. The third-order valence-corrected chi connectivity index (χ3v) is 4.05. The second-order valence-electron chi connectivity index (χ2n) is 6.87. The van der Waals surface area contributed by atoms with Gasteiger partial charge in [-0.15, -0.1) is 5.10 Å². The van der Waals surface area contributed by atoms with Crippen LogP contribution in [0, 0.1) is 5.82 Å². The largest absolute Gasteiger partial charge is 0.339 e. The van der Waals surface area contributed by atoms with Gasteiger partial charge in [-0.1, -0.05) is 44.5 Å². The van der Waals surface area contributed by atoms with Gasteiger partial charge in [0.1, 0.15) is 5.82 Å². The van der Waals surface area contributed by atoms with Gasteiger partial charge in [-0.3, -0.25) is 0 Å². The van der Waals surface area contributed by atoms with Crippen molar-refractivity contribution in [3.05, 3.63) is 65.1 Å². The van der Waals surface area contributed by atoms with Crippen LogP contribution in [0.4, 0.5) is 27.5 Å². The predicted molar refractivity (Wildman–Crippen MR) is 103 cm³/mol. The lowest BCUT2D eigenvalue weighted by Crippen LogP contribution is -2.10. The minimum atomic E-state index is -0.481. The second-order valence-corrected chi connectivity index (χ2v) is 7.28. The van der Waals surface area contributed by atoms with Crippen molar-refractivity contribution in [3.8, 4) is 0 Å². The van der Waals surface area contributed by atoms with E-state index in [-0.39, 0.29) is 16.4 Å². The van der Waals surface area contributed by atoms with Crippen LogP contribution >= 0.6 is 11.6 Å². The van der Waals surface area contributed by atoms with Crippen molar-refractivity contribution in [3.63, 3.8) is 0 Å². The molecule has 0 bridgehead atoms. The molecule has 1 heterocycles. The minimum Gasteiger partial charge on any atom is -0.339 e. The molecule has 3 aromatic rings. The first-order valence-electron chi connectivity index (χ1n) is 8.11. The van der Waals surface area contributed by atoms with Crippen LogP contribution in [0.3, 0.4) is 0 Å². The summed E-state index contributed by atoms with van der Waals surface area (Å²) in [5.74, 6) is 0.341. The summed E-state index contributed by atoms with van der Waals surface area (Å²) in [6, 6.07) is 12.4. The molecular weight excluding hydrogens is 353 g/mol. The number of hydrogen-bond donors (Lipinski definition) is 2. The van der Waals surface area contributed by atoms with Crippen LogP contribution in [-0.2, 0) is 5.41 Å². The van der Waals surface area contributed by atoms with Gasteiger partial charge in [0.2, 0.25) is 5.95 Å². The highest BCUT2D eigenvalue weighted by Gasteiger charge is 2.13. The Labute approximate surface area is 156 Å². The van der Waals surface area contributed by atoms with Crippen molar-refractivity contribution in [1.29, 1.82) is 0 Å². The van der Waals surface area contributed by atoms with Gasteiger partial charge in [-0.25, -0.2) is 4.39 Å². The maximum absolute atomic E-state index is 13.2. The standard InChI is InChI=1S/C19H19ClFN5/c1-19(2,3)12-4-6-13(7-5-12)23-17-11-22-26-18(25-17)24-14-8-9-16(21)15(20)10-14/h4-11H,1-3H3,(H2,23,24,25,26). The zero-order valence-electron chi connectivity index (χ0n) is 14.7. The molecule has 1 aromatic heterocycles. The number of halogens is 2. The summed E-state index contributed by atoms with van der Waals surface area (Å²) in [6.45, 7) is 6.51. The number of benzene rings is 2. The quantitative estimate of drug-likeness (QED) is 0.638. The fourth-order valence-electron chi connectivity index (χ4n) is 2.32. The molecule has 0 aliphatic rings. The zero-order chi connectivity index (χ0) is 18.7. The molecule has 3 rings (SSSR count). The Morgan fingerprint density at radius 1 is 0.962 bits per heavy atom. The molecule has 0 saturated heterocycles. The summed E-state index contributed by atoms with van der Waals surface area (Å²) >= 11 is 5.78. The van der Waals surface area contributed by atoms with Gasteiger partial charge in [0.05, 0.1) is 11.2 Å². The summed E-state index contributed by atoms with van der Waals surface area (Å²) in [7, 11) is 0. The van der Waals surface area contributed by atoms with Crippen LogP contribution < -0.4 is 10.6 Å². The molecule has 26 heavy (non-hydrogen) atoms. The first kappa shape index (κ1) is 18.1. The van der Waals surface area contributed by atoms with E-state index in [1.165, 1.54) is 23.9 Å². The fourth-order valence-corrected chi connectivity index (χ4v) is 2.50. The Morgan fingerprint density at radius 2 is 1.65 bits per heavy atom. The van der Waals surface area contributed by atoms with Crippen molar-refractivity contribution < 1.29 is 4.39 Å². The van der Waals surface area contributed by atoms with Gasteiger partial charge >= 0.3 is 0 Å². The summed E-state index contributed by atoms with van der Waals surface area (Å²) in [5.41, 5.74) is 2.82. The smallest absolute Gasteiger partial charge is 0.249 e. The lowest BCUT2D eigenvalue weighted by Gasteiger charge is -2.19. The Morgan fingerprint density at radius 3 is 2.31 bits per heavy atom. The summed E-state index contributed by atoms with van der Waals surface area (Å²) in [6.07, 6.45) is 1.53. The highest BCUT2D eigenvalue weighted by Crippen LogP contribution is 2.25. The molecule has 7 heteroatoms. The van der Waals surface area contributed by atoms with Gasteiger partial charge in [0, 0.05) is 11.4 Å². The predicted octanol–water partition coefficient (Wildman–Crippen LogP) is 5.45. The highest BCUT2D eigenvalue weighted by atomic mass is 35.5. The summed E-state index contributed by atoms with van der Waals surface area (Å²) in [4.78, 5) is 4.35. The van der Waals surface area contributed by atoms with Gasteiger partial charge in [0.15, 0.2) is 5.82 Å². The van der Waals surface area contributed by atoms with E-state index in [2.05, 4.69) is 58.7 Å². The average molecular weight is 372 g/mol. The number of nitrogens with one attached hydrogen (secondary N) is 2. The normalized spacial score (nSPS) is 11.3. The number of nitrogens with zero attached hydrogens (tertiary/aromatic N) is 3. The monoisotopic (exact) mass is 371 g/mol. The molecule has 0 aliphatic carbocycles. The Kier molecular flexibility index (Phi) is 5.04. The fraction of sp³-hybridized carbons (Fsp3) is 0.211. The number of rotatable bonds is 4. The molecule has 2 N–H and O–H groups in total. The third kappa shape index (κ3) is 4.46. The average Bonchev–Trinajstić information content (AvgIpc) is 2.58. The molecular formula is C19H19ClFN5. The van der Waals surface area contributed by atoms with Crippen LogP contribution in [-0.4, -0.2) is 15.2 Å². The molecule has 0 fully saturated rings. The van der Waals surface area contributed by atoms with Gasteiger partial charge < -0.3 is 10.6 Å². The van der Waals surface area contributed by atoms with Gasteiger partial charge in [-0.2, -0.15) is 10.1 Å². The summed E-state index contributed by atoms with van der Waals surface area (Å²) < 4.78 is 13.2. The molecule has 0 aliphatic heterocycles. The van der Waals surface area contributed by atoms with E-state index >= 15 is 0 Å². The zero-order valence-corrected chi connectivity index (χ0v) is 15.5. The molecule has 2 aromatic carbocycles. The maximum Gasteiger partial charge on any atom is 0.249 e. The SMILES string of the molecule is CC(C)(C)c1ccc(Nc2cnnc(Nc3ccc(F)c(Cl)c3)n2)cc1. The third-order valence-electron chi connectivity index (χ3n) is 3.76. The number of anilines is 4. The minimum absolute atomic E-state index is 0.0242. The number of hydrogen-bond acceptors (Lipinski definition) is 5. The van der Waals surface area contributed by atoms with Crippen LogP contribution in [0.25, 0.3) is 0 Å². The Balaban J connectivity index is 1.73. The first-order chi connectivity index (χ1) is 12.3. The maximum atomic E-state index is 13.2. The molecule has 5 nitrogen and oxygen atoms in total. The van der Waals surface area contributed by atoms with E-state index in [1.54, 1.807) is 6.07 Å². The molecule has 0 unspecified atom stereocenters. The van der Waals surface area contributed by atoms with Crippen molar-refractivity contribution in [2.45, 2.75) is 26.2 Å². The van der Waals surface area contributed by atoms with E-state index in [4.69, 9.17) is 11.6 Å². The molecule has 0 atom stereocenters. The van der Waals surface area contributed by atoms with Crippen molar-refractivity contribution in [2.75, 3.05) is 10.6 Å². The molecule has 0 amide bonds.